The molecule has 0 aliphatic heterocycles. The number of pyridine rings is 1. The van der Waals surface area contributed by atoms with Gasteiger partial charge in [-0.1, -0.05) is 6.92 Å². The Balaban J connectivity index is 1.30. The van der Waals surface area contributed by atoms with Crippen LogP contribution in [0.5, 0.6) is 0 Å². The molecule has 31 heavy (non-hydrogen) atoms. The summed E-state index contributed by atoms with van der Waals surface area (Å²) in [4.78, 5) is 17.3. The van der Waals surface area contributed by atoms with Crippen molar-refractivity contribution in [2.75, 3.05) is 5.32 Å². The van der Waals surface area contributed by atoms with Gasteiger partial charge in [0.05, 0.1) is 11.2 Å². The van der Waals surface area contributed by atoms with Crippen LogP contribution in [0.15, 0.2) is 48.7 Å². The number of nitrogens with one attached hydrogen (secondary N) is 1. The highest BCUT2D eigenvalue weighted by atomic mass is 127. The third-order valence-electron chi connectivity index (χ3n) is 7.48. The van der Waals surface area contributed by atoms with Gasteiger partial charge in [0, 0.05) is 21.1 Å². The molecule has 0 radical (unpaired) electrons. The molecule has 1 unspecified atom stereocenters. The molecule has 2 fully saturated rings. The van der Waals surface area contributed by atoms with Crippen molar-refractivity contribution in [1.82, 2.24) is 4.98 Å². The fourth-order valence-electron chi connectivity index (χ4n) is 5.72. The summed E-state index contributed by atoms with van der Waals surface area (Å²) >= 11 is 2.05. The van der Waals surface area contributed by atoms with Gasteiger partial charge in [0.2, 0.25) is 5.91 Å². The number of fused-ring (bicyclic) bond motifs is 1. The Kier molecular flexibility index (Phi) is 5.23. The number of hydrogen-bond acceptors (Lipinski definition) is 2. The van der Waals surface area contributed by atoms with E-state index in [0.717, 1.165) is 45.7 Å². The first-order chi connectivity index (χ1) is 14.9. The third-order valence-corrected chi connectivity index (χ3v) is 8.15. The number of carbonyl (C=O) groups is 1. The molecule has 1 heterocycles. The van der Waals surface area contributed by atoms with E-state index in [1.54, 1.807) is 30.5 Å². The Labute approximate surface area is 193 Å². The maximum atomic E-state index is 14.2. The van der Waals surface area contributed by atoms with Gasteiger partial charge in [-0.3, -0.25) is 9.78 Å². The zero-order valence-corrected chi connectivity index (χ0v) is 19.3. The molecule has 5 rings (SSSR count). The predicted molar refractivity (Wildman–Crippen MR) is 126 cm³/mol. The molecule has 2 saturated carbocycles. The topological polar surface area (TPSA) is 42.0 Å². The van der Waals surface area contributed by atoms with Crippen molar-refractivity contribution in [2.24, 2.45) is 17.3 Å². The fourth-order valence-corrected chi connectivity index (χ4v) is 6.17. The van der Waals surface area contributed by atoms with Crippen LogP contribution in [0, 0.1) is 32.5 Å². The third kappa shape index (κ3) is 3.62. The van der Waals surface area contributed by atoms with E-state index >= 15 is 0 Å². The highest BCUT2D eigenvalue weighted by Gasteiger charge is 2.65. The quantitative estimate of drug-likeness (QED) is 0.383. The van der Waals surface area contributed by atoms with E-state index in [4.69, 9.17) is 0 Å². The second-order valence-corrected chi connectivity index (χ2v) is 10.2. The summed E-state index contributed by atoms with van der Waals surface area (Å²) in [5.41, 5.74) is 2.21. The summed E-state index contributed by atoms with van der Waals surface area (Å²) in [6.45, 7) is 2.13. The normalized spacial score (nSPS) is 27.4. The van der Waals surface area contributed by atoms with Gasteiger partial charge in [0.1, 0.15) is 11.6 Å². The lowest BCUT2D eigenvalue weighted by atomic mass is 9.74. The van der Waals surface area contributed by atoms with Gasteiger partial charge in [0.25, 0.3) is 0 Å². The molecule has 0 saturated heterocycles. The van der Waals surface area contributed by atoms with E-state index in [0.29, 0.717) is 5.92 Å². The van der Waals surface area contributed by atoms with Crippen LogP contribution in [0.25, 0.3) is 10.9 Å². The van der Waals surface area contributed by atoms with Crippen LogP contribution in [0.2, 0.25) is 0 Å². The minimum Gasteiger partial charge on any atom is -0.323 e. The minimum absolute atomic E-state index is 0.00561. The average Bonchev–Trinajstić information content (AvgIpc) is 3.32. The molecule has 6 heteroatoms. The molecule has 2 aliphatic rings. The van der Waals surface area contributed by atoms with Crippen LogP contribution in [-0.4, -0.2) is 10.9 Å². The van der Waals surface area contributed by atoms with Crippen molar-refractivity contribution in [3.05, 3.63) is 69.4 Å². The highest BCUT2D eigenvalue weighted by molar-refractivity contribution is 14.1. The molecule has 1 spiro atoms. The number of amides is 1. The van der Waals surface area contributed by atoms with Gasteiger partial charge in [-0.05, 0) is 114 Å². The first-order valence-electron chi connectivity index (χ1n) is 10.7. The fraction of sp³-hybridized carbons (Fsp3) is 0.360. The summed E-state index contributed by atoms with van der Waals surface area (Å²) in [5.74, 6) is -0.191. The average molecular weight is 532 g/mol. The van der Waals surface area contributed by atoms with Gasteiger partial charge < -0.3 is 5.32 Å². The van der Waals surface area contributed by atoms with Crippen LogP contribution < -0.4 is 5.32 Å². The summed E-state index contributed by atoms with van der Waals surface area (Å²) in [6, 6.07) is 11.6. The predicted octanol–water partition coefficient (Wildman–Crippen LogP) is 6.67. The largest absolute Gasteiger partial charge is 0.323 e. The number of anilines is 1. The number of carbonyl (C=O) groups excluding carboxylic acids is 1. The maximum absolute atomic E-state index is 14.2. The van der Waals surface area contributed by atoms with Crippen molar-refractivity contribution in [3.63, 3.8) is 0 Å². The first-order valence-corrected chi connectivity index (χ1v) is 11.8. The van der Waals surface area contributed by atoms with Crippen molar-refractivity contribution in [3.8, 4) is 0 Å². The number of halogens is 3. The number of aromatic nitrogens is 1. The van der Waals surface area contributed by atoms with E-state index in [-0.39, 0.29) is 34.7 Å². The Bertz CT molecular complexity index is 1170. The number of benzene rings is 2. The molecule has 2 aromatic carbocycles. The van der Waals surface area contributed by atoms with E-state index < -0.39 is 5.82 Å². The zero-order chi connectivity index (χ0) is 21.8. The molecule has 1 aromatic heterocycles. The summed E-state index contributed by atoms with van der Waals surface area (Å²) in [5, 5.41) is 3.69. The lowest BCUT2D eigenvalue weighted by molar-refractivity contribution is -0.118. The molecule has 2 aliphatic carbocycles. The van der Waals surface area contributed by atoms with Crippen LogP contribution in [0.3, 0.4) is 0 Å². The van der Waals surface area contributed by atoms with Gasteiger partial charge in [-0.2, -0.15) is 0 Å². The molecule has 3 aromatic rings. The molecule has 0 bridgehead atoms. The highest BCUT2D eigenvalue weighted by Crippen LogP contribution is 2.67. The molecule has 1 N–H and O–H groups in total. The van der Waals surface area contributed by atoms with Gasteiger partial charge in [0.15, 0.2) is 0 Å². The lowest BCUT2D eigenvalue weighted by Gasteiger charge is -2.31. The Hall–Kier alpha value is -2.09. The Morgan fingerprint density at radius 2 is 1.90 bits per heavy atom. The van der Waals surface area contributed by atoms with Crippen LogP contribution in [0.4, 0.5) is 14.5 Å². The van der Waals surface area contributed by atoms with Gasteiger partial charge in [-0.25, -0.2) is 8.78 Å². The van der Waals surface area contributed by atoms with Crippen LogP contribution >= 0.6 is 22.6 Å². The van der Waals surface area contributed by atoms with Gasteiger partial charge in [-0.15, -0.1) is 0 Å². The van der Waals surface area contributed by atoms with Crippen molar-refractivity contribution in [1.29, 1.82) is 0 Å². The second-order valence-electron chi connectivity index (χ2n) is 8.95. The molecule has 160 valence electrons. The minimum atomic E-state index is -0.400. The van der Waals surface area contributed by atoms with Gasteiger partial charge >= 0.3 is 0 Å². The summed E-state index contributed by atoms with van der Waals surface area (Å²) in [7, 11) is 0. The molecular formula is C25H23F2IN2O. The van der Waals surface area contributed by atoms with E-state index in [2.05, 4.69) is 39.8 Å². The van der Waals surface area contributed by atoms with Crippen molar-refractivity contribution >= 4 is 45.1 Å². The Morgan fingerprint density at radius 3 is 2.65 bits per heavy atom. The molecular weight excluding hydrogens is 509 g/mol. The van der Waals surface area contributed by atoms with Crippen LogP contribution in [0.1, 0.15) is 44.1 Å². The number of hydrogen-bond donors (Lipinski definition) is 1. The Morgan fingerprint density at radius 1 is 1.13 bits per heavy atom. The van der Waals surface area contributed by atoms with E-state index in [9.17, 15) is 13.6 Å². The lowest BCUT2D eigenvalue weighted by Crippen LogP contribution is -2.23. The number of rotatable bonds is 3. The van der Waals surface area contributed by atoms with E-state index in [1.165, 1.54) is 12.1 Å². The van der Waals surface area contributed by atoms with E-state index in [1.807, 2.05) is 6.07 Å². The monoisotopic (exact) mass is 532 g/mol. The summed E-state index contributed by atoms with van der Waals surface area (Å²) < 4.78 is 28.8. The molecule has 2 atom stereocenters. The van der Waals surface area contributed by atoms with Crippen molar-refractivity contribution < 1.29 is 13.6 Å². The second kappa shape index (κ2) is 7.80. The first kappa shape index (κ1) is 20.8. The van der Waals surface area contributed by atoms with Crippen LogP contribution in [-0.2, 0) is 4.79 Å². The molecule has 3 nitrogen and oxygen atoms in total. The maximum Gasteiger partial charge on any atom is 0.228 e. The van der Waals surface area contributed by atoms with Crippen molar-refractivity contribution in [2.45, 2.75) is 38.5 Å². The summed E-state index contributed by atoms with van der Waals surface area (Å²) in [6.07, 6.45) is 5.62. The zero-order valence-electron chi connectivity index (χ0n) is 17.2. The number of nitrogens with zero attached hydrogens (tertiary/aromatic N) is 1. The SMILES string of the molecule is CC1[C@H](C(=O)Nc2ccc(I)cc2F)[C@]12CC[C@@H](c1ccnc3ccc(F)cc31)CC2. The standard InChI is InChI=1S/C25H23F2IN2O/c1-14-23(24(31)30-22-5-3-17(28)13-20(22)27)25(14)9-6-15(7-10-25)18-8-11-29-21-4-2-16(26)12-19(18)21/h2-5,8,11-15,23H,6-7,9-10H2,1H3,(H,30,31)/t14?,15-,23-,25+/m1/s1. The molecule has 1 amide bonds. The smallest absolute Gasteiger partial charge is 0.228 e.